The van der Waals surface area contributed by atoms with E-state index < -0.39 is 11.7 Å². The lowest BCUT2D eigenvalue weighted by Gasteiger charge is -2.05. The summed E-state index contributed by atoms with van der Waals surface area (Å²) in [6, 6.07) is 6.42. The predicted octanol–water partition coefficient (Wildman–Crippen LogP) is 2.36. The summed E-state index contributed by atoms with van der Waals surface area (Å²) >= 11 is 0. The van der Waals surface area contributed by atoms with Crippen LogP contribution in [0.1, 0.15) is 27.4 Å². The Morgan fingerprint density at radius 3 is 2.89 bits per heavy atom. The highest BCUT2D eigenvalue weighted by molar-refractivity contribution is 5.94. The average molecular weight is 248 g/mol. The number of amides is 1. The maximum Gasteiger partial charge on any atom is 0.254 e. The van der Waals surface area contributed by atoms with E-state index in [9.17, 15) is 9.18 Å². The van der Waals surface area contributed by atoms with Crippen LogP contribution in [0.2, 0.25) is 0 Å². The monoisotopic (exact) mass is 248 g/mol. The number of rotatable bonds is 3. The Bertz CT molecular complexity index is 578. The number of benzene rings is 1. The highest BCUT2D eigenvalue weighted by Gasteiger charge is 2.13. The van der Waals surface area contributed by atoms with Gasteiger partial charge in [0, 0.05) is 6.07 Å². The van der Waals surface area contributed by atoms with Crippen molar-refractivity contribution in [1.82, 2.24) is 10.5 Å². The molecule has 1 N–H and O–H groups in total. The van der Waals surface area contributed by atoms with Gasteiger partial charge in [-0.05, 0) is 25.5 Å². The molecule has 1 aromatic heterocycles. The predicted molar refractivity (Wildman–Crippen MR) is 63.5 cm³/mol. The second-order valence-electron chi connectivity index (χ2n) is 4.05. The molecule has 2 rings (SSSR count). The Morgan fingerprint density at radius 1 is 1.44 bits per heavy atom. The van der Waals surface area contributed by atoms with Gasteiger partial charge >= 0.3 is 0 Å². The van der Waals surface area contributed by atoms with E-state index in [-0.39, 0.29) is 12.1 Å². The van der Waals surface area contributed by atoms with Gasteiger partial charge in [0.25, 0.3) is 5.91 Å². The second-order valence-corrected chi connectivity index (χ2v) is 4.05. The number of nitrogens with zero attached hydrogens (tertiary/aromatic N) is 1. The molecule has 1 aromatic carbocycles. The molecule has 0 aliphatic heterocycles. The Kier molecular flexibility index (Phi) is 3.41. The second kappa shape index (κ2) is 5.00. The Hall–Kier alpha value is -2.17. The highest BCUT2D eigenvalue weighted by atomic mass is 19.1. The summed E-state index contributed by atoms with van der Waals surface area (Å²) in [5, 5.41) is 6.28. The molecule has 1 heterocycles. The normalized spacial score (nSPS) is 10.4. The molecule has 0 saturated carbocycles. The van der Waals surface area contributed by atoms with Crippen LogP contribution in [0, 0.1) is 19.7 Å². The molecule has 5 heteroatoms. The highest BCUT2D eigenvalue weighted by Crippen LogP contribution is 2.12. The zero-order valence-corrected chi connectivity index (χ0v) is 10.2. The fourth-order valence-electron chi connectivity index (χ4n) is 1.59. The molecule has 1 amide bonds. The van der Waals surface area contributed by atoms with Gasteiger partial charge in [0.15, 0.2) is 5.76 Å². The van der Waals surface area contributed by atoms with Crippen molar-refractivity contribution in [2.45, 2.75) is 20.4 Å². The first-order valence-corrected chi connectivity index (χ1v) is 5.53. The standard InChI is InChI=1S/C13H13FN2O2/c1-8-4-3-5-11(12(8)14)13(17)15-7-10-6-9(2)16-18-10/h3-6H,7H2,1-2H3,(H,15,17). The van der Waals surface area contributed by atoms with E-state index in [0.717, 1.165) is 5.69 Å². The molecule has 2 aromatic rings. The van der Waals surface area contributed by atoms with Gasteiger partial charge in [0.2, 0.25) is 0 Å². The molecule has 0 radical (unpaired) electrons. The van der Waals surface area contributed by atoms with Gasteiger partial charge < -0.3 is 9.84 Å². The number of halogens is 1. The fourth-order valence-corrected chi connectivity index (χ4v) is 1.59. The lowest BCUT2D eigenvalue weighted by molar-refractivity contribution is 0.0943. The van der Waals surface area contributed by atoms with Crippen LogP contribution < -0.4 is 5.32 Å². The first kappa shape index (κ1) is 12.3. The van der Waals surface area contributed by atoms with Crippen molar-refractivity contribution in [1.29, 1.82) is 0 Å². The quantitative estimate of drug-likeness (QED) is 0.907. The molecule has 94 valence electrons. The van der Waals surface area contributed by atoms with E-state index in [4.69, 9.17) is 4.52 Å². The third-order valence-corrected chi connectivity index (χ3v) is 2.54. The van der Waals surface area contributed by atoms with Gasteiger partial charge in [-0.15, -0.1) is 0 Å². The molecular weight excluding hydrogens is 235 g/mol. The van der Waals surface area contributed by atoms with Crippen molar-refractivity contribution in [3.8, 4) is 0 Å². The molecule has 4 nitrogen and oxygen atoms in total. The minimum Gasteiger partial charge on any atom is -0.359 e. The molecule has 0 aliphatic rings. The molecule has 0 fully saturated rings. The molecule has 0 unspecified atom stereocenters. The van der Waals surface area contributed by atoms with Crippen LogP contribution in [0.3, 0.4) is 0 Å². The zero-order valence-electron chi connectivity index (χ0n) is 10.2. The number of hydrogen-bond donors (Lipinski definition) is 1. The summed E-state index contributed by atoms with van der Waals surface area (Å²) in [5.41, 5.74) is 1.21. The summed E-state index contributed by atoms with van der Waals surface area (Å²) in [6.07, 6.45) is 0. The van der Waals surface area contributed by atoms with E-state index in [1.165, 1.54) is 6.07 Å². The first-order chi connectivity index (χ1) is 8.58. The molecular formula is C13H13FN2O2. The van der Waals surface area contributed by atoms with Crippen molar-refractivity contribution in [3.05, 3.63) is 52.7 Å². The lowest BCUT2D eigenvalue weighted by Crippen LogP contribution is -2.23. The molecule has 0 aliphatic carbocycles. The van der Waals surface area contributed by atoms with Gasteiger partial charge in [0.1, 0.15) is 5.82 Å². The van der Waals surface area contributed by atoms with Crippen molar-refractivity contribution >= 4 is 5.91 Å². The van der Waals surface area contributed by atoms with Crippen LogP contribution in [0.25, 0.3) is 0 Å². The SMILES string of the molecule is Cc1cc(CNC(=O)c2cccc(C)c2F)on1. The Labute approximate surface area is 104 Å². The number of aromatic nitrogens is 1. The van der Waals surface area contributed by atoms with E-state index in [1.54, 1.807) is 32.0 Å². The lowest BCUT2D eigenvalue weighted by atomic mass is 10.1. The van der Waals surface area contributed by atoms with Gasteiger partial charge in [-0.2, -0.15) is 0 Å². The van der Waals surface area contributed by atoms with Crippen LogP contribution >= 0.6 is 0 Å². The minimum atomic E-state index is -0.497. The van der Waals surface area contributed by atoms with Crippen LogP contribution in [0.15, 0.2) is 28.8 Å². The van der Waals surface area contributed by atoms with Gasteiger partial charge in [-0.25, -0.2) is 4.39 Å². The number of hydrogen-bond acceptors (Lipinski definition) is 3. The molecule has 0 atom stereocenters. The minimum absolute atomic E-state index is 0.0336. The van der Waals surface area contributed by atoms with Crippen molar-refractivity contribution in [2.24, 2.45) is 0 Å². The maximum absolute atomic E-state index is 13.7. The van der Waals surface area contributed by atoms with Crippen LogP contribution in [-0.2, 0) is 6.54 Å². The summed E-state index contributed by atoms with van der Waals surface area (Å²) < 4.78 is 18.6. The van der Waals surface area contributed by atoms with Crippen molar-refractivity contribution in [3.63, 3.8) is 0 Å². The van der Waals surface area contributed by atoms with Crippen LogP contribution in [-0.4, -0.2) is 11.1 Å². The fraction of sp³-hybridized carbons (Fsp3) is 0.231. The number of aryl methyl sites for hydroxylation is 2. The summed E-state index contributed by atoms with van der Waals surface area (Å²) in [5.74, 6) is -0.428. The van der Waals surface area contributed by atoms with E-state index in [0.29, 0.717) is 11.3 Å². The summed E-state index contributed by atoms with van der Waals surface area (Å²) in [6.45, 7) is 3.59. The number of nitrogens with one attached hydrogen (secondary N) is 1. The molecule has 0 bridgehead atoms. The Morgan fingerprint density at radius 2 is 2.22 bits per heavy atom. The van der Waals surface area contributed by atoms with E-state index in [2.05, 4.69) is 10.5 Å². The molecule has 0 saturated heterocycles. The largest absolute Gasteiger partial charge is 0.359 e. The summed E-state index contributed by atoms with van der Waals surface area (Å²) in [4.78, 5) is 11.8. The third-order valence-electron chi connectivity index (χ3n) is 2.54. The van der Waals surface area contributed by atoms with E-state index in [1.807, 2.05) is 0 Å². The topological polar surface area (TPSA) is 55.1 Å². The van der Waals surface area contributed by atoms with Crippen molar-refractivity contribution < 1.29 is 13.7 Å². The molecule has 0 spiro atoms. The maximum atomic E-state index is 13.7. The van der Waals surface area contributed by atoms with Gasteiger partial charge in [-0.1, -0.05) is 17.3 Å². The van der Waals surface area contributed by atoms with Crippen LogP contribution in [0.4, 0.5) is 4.39 Å². The van der Waals surface area contributed by atoms with E-state index >= 15 is 0 Å². The third kappa shape index (κ3) is 2.56. The van der Waals surface area contributed by atoms with Crippen LogP contribution in [0.5, 0.6) is 0 Å². The number of carbonyl (C=O) groups excluding carboxylic acids is 1. The average Bonchev–Trinajstić information content (AvgIpc) is 2.76. The van der Waals surface area contributed by atoms with Gasteiger partial charge in [0.05, 0.1) is 17.8 Å². The van der Waals surface area contributed by atoms with Gasteiger partial charge in [-0.3, -0.25) is 4.79 Å². The smallest absolute Gasteiger partial charge is 0.254 e. The molecule has 18 heavy (non-hydrogen) atoms. The Balaban J connectivity index is 2.06. The summed E-state index contributed by atoms with van der Waals surface area (Å²) in [7, 11) is 0. The first-order valence-electron chi connectivity index (χ1n) is 5.53. The zero-order chi connectivity index (χ0) is 13.1. The van der Waals surface area contributed by atoms with Crippen molar-refractivity contribution in [2.75, 3.05) is 0 Å². The number of carbonyl (C=O) groups is 1.